The highest BCUT2D eigenvalue weighted by atomic mass is 35.5. The molecule has 0 aliphatic carbocycles. The lowest BCUT2D eigenvalue weighted by Gasteiger charge is -1.97. The van der Waals surface area contributed by atoms with E-state index in [1.165, 1.54) is 6.20 Å². The van der Waals surface area contributed by atoms with E-state index in [9.17, 15) is 9.59 Å². The molecule has 5 heteroatoms. The van der Waals surface area contributed by atoms with Gasteiger partial charge in [-0.1, -0.05) is 0 Å². The monoisotopic (exact) mass is 253 g/mol. The van der Waals surface area contributed by atoms with Gasteiger partial charge in [-0.2, -0.15) is 0 Å². The molecule has 0 spiro atoms. The van der Waals surface area contributed by atoms with Crippen molar-refractivity contribution in [1.29, 1.82) is 0 Å². The number of hydrogen-bond acceptors (Lipinski definition) is 3. The van der Waals surface area contributed by atoms with Crippen molar-refractivity contribution < 1.29 is 9.59 Å². The molecule has 1 aromatic heterocycles. The second-order valence-corrected chi connectivity index (χ2v) is 4.44. The summed E-state index contributed by atoms with van der Waals surface area (Å²) in [5.74, 6) is -0.675. The number of H-pyrrole nitrogens is 1. The zero-order chi connectivity index (χ0) is 11.7. The first-order valence-electron chi connectivity index (χ1n) is 4.52. The number of aromatic nitrogens is 1. The van der Waals surface area contributed by atoms with Crippen molar-refractivity contribution in [2.45, 2.75) is 4.90 Å². The summed E-state index contributed by atoms with van der Waals surface area (Å²) in [5.41, 5.74) is 1.14. The van der Waals surface area contributed by atoms with Gasteiger partial charge in [0.1, 0.15) is 0 Å². The minimum Gasteiger partial charge on any atom is -0.360 e. The maximum Gasteiger partial charge on any atom is 0.293 e. The molecule has 2 aromatic rings. The van der Waals surface area contributed by atoms with Crippen LogP contribution in [0.3, 0.4) is 0 Å². The van der Waals surface area contributed by atoms with E-state index >= 15 is 0 Å². The Hall–Kier alpha value is -1.26. The fourth-order valence-electron chi connectivity index (χ4n) is 1.52. The lowest BCUT2D eigenvalue weighted by Crippen LogP contribution is -2.06. The maximum absolute atomic E-state index is 11.5. The molecule has 0 saturated heterocycles. The number of thioether (sulfide) groups is 1. The summed E-state index contributed by atoms with van der Waals surface area (Å²) in [4.78, 5) is 26.3. The first kappa shape index (κ1) is 11.2. The molecular formula is C11H8ClNO2S. The third-order valence-corrected chi connectivity index (χ3v) is 3.21. The highest BCUT2D eigenvalue weighted by Crippen LogP contribution is 2.24. The molecule has 0 atom stereocenters. The summed E-state index contributed by atoms with van der Waals surface area (Å²) in [6, 6.07) is 5.68. The zero-order valence-corrected chi connectivity index (χ0v) is 9.98. The van der Waals surface area contributed by atoms with Crippen LogP contribution in [0.15, 0.2) is 29.3 Å². The standard InChI is InChI=1S/C11H8ClNO2S/c1-16-6-2-3-9-7(4-6)8(5-13-9)10(14)11(12)15/h2-5,13H,1H3. The molecule has 0 aliphatic rings. The van der Waals surface area contributed by atoms with Crippen molar-refractivity contribution in [3.8, 4) is 0 Å². The SMILES string of the molecule is CSc1ccc2[nH]cc(C(=O)C(=O)Cl)c2c1. The molecule has 82 valence electrons. The summed E-state index contributed by atoms with van der Waals surface area (Å²) in [6.07, 6.45) is 3.46. The molecule has 0 amide bonds. The molecule has 0 aliphatic heterocycles. The van der Waals surface area contributed by atoms with Gasteiger partial charge in [-0.15, -0.1) is 11.8 Å². The number of halogens is 1. The smallest absolute Gasteiger partial charge is 0.293 e. The minimum absolute atomic E-state index is 0.325. The minimum atomic E-state index is -0.963. The molecule has 2 rings (SSSR count). The summed E-state index contributed by atoms with van der Waals surface area (Å²) in [6.45, 7) is 0. The fourth-order valence-corrected chi connectivity index (χ4v) is 2.06. The van der Waals surface area contributed by atoms with Crippen molar-refractivity contribution in [1.82, 2.24) is 4.98 Å². The summed E-state index contributed by atoms with van der Waals surface area (Å²) in [7, 11) is 0. The van der Waals surface area contributed by atoms with Crippen molar-refractivity contribution in [2.24, 2.45) is 0 Å². The number of ketones is 1. The third-order valence-electron chi connectivity index (χ3n) is 2.31. The van der Waals surface area contributed by atoms with E-state index in [0.29, 0.717) is 5.56 Å². The highest BCUT2D eigenvalue weighted by molar-refractivity contribution is 7.98. The average Bonchev–Trinajstić information content (AvgIpc) is 2.70. The lowest BCUT2D eigenvalue weighted by atomic mass is 10.1. The molecular weight excluding hydrogens is 246 g/mol. The van der Waals surface area contributed by atoms with Crippen LogP contribution in [-0.2, 0) is 4.79 Å². The number of Topliss-reactive ketones (excluding diaryl/α,β-unsaturated/α-hetero) is 1. The van der Waals surface area contributed by atoms with Crippen molar-refractivity contribution >= 4 is 45.3 Å². The average molecular weight is 254 g/mol. The van der Waals surface area contributed by atoms with Gasteiger partial charge < -0.3 is 4.98 Å². The van der Waals surface area contributed by atoms with Crippen LogP contribution in [-0.4, -0.2) is 22.3 Å². The van der Waals surface area contributed by atoms with Crippen LogP contribution in [0.25, 0.3) is 10.9 Å². The molecule has 1 heterocycles. The Morgan fingerprint density at radius 3 is 2.75 bits per heavy atom. The van der Waals surface area contributed by atoms with Crippen molar-refractivity contribution in [3.05, 3.63) is 30.0 Å². The van der Waals surface area contributed by atoms with Crippen LogP contribution in [0.4, 0.5) is 0 Å². The van der Waals surface area contributed by atoms with Gasteiger partial charge in [0, 0.05) is 22.0 Å². The first-order chi connectivity index (χ1) is 7.63. The highest BCUT2D eigenvalue weighted by Gasteiger charge is 2.17. The molecule has 3 nitrogen and oxygen atoms in total. The van der Waals surface area contributed by atoms with Gasteiger partial charge in [-0.25, -0.2) is 0 Å². The normalized spacial score (nSPS) is 10.6. The Bertz CT molecular complexity index is 576. The predicted octanol–water partition coefficient (Wildman–Crippen LogP) is 2.84. The largest absolute Gasteiger partial charge is 0.360 e. The first-order valence-corrected chi connectivity index (χ1v) is 6.13. The molecule has 0 saturated carbocycles. The Balaban J connectivity index is 2.62. The Morgan fingerprint density at radius 1 is 1.38 bits per heavy atom. The van der Waals surface area contributed by atoms with Crippen molar-refractivity contribution in [2.75, 3.05) is 6.26 Å². The Morgan fingerprint density at radius 2 is 2.12 bits per heavy atom. The molecule has 1 aromatic carbocycles. The molecule has 16 heavy (non-hydrogen) atoms. The van der Waals surface area contributed by atoms with Gasteiger partial charge in [-0.3, -0.25) is 9.59 Å². The molecule has 0 bridgehead atoms. The number of fused-ring (bicyclic) bond motifs is 1. The van der Waals surface area contributed by atoms with E-state index in [2.05, 4.69) is 4.98 Å². The van der Waals surface area contributed by atoms with E-state index in [-0.39, 0.29) is 0 Å². The van der Waals surface area contributed by atoms with Crippen LogP contribution < -0.4 is 0 Å². The topological polar surface area (TPSA) is 49.9 Å². The molecule has 0 fully saturated rings. The number of carbonyl (C=O) groups excluding carboxylic acids is 2. The maximum atomic E-state index is 11.5. The Kier molecular flexibility index (Phi) is 3.03. The zero-order valence-electron chi connectivity index (χ0n) is 8.41. The third kappa shape index (κ3) is 1.86. The second-order valence-electron chi connectivity index (χ2n) is 3.22. The Labute approximate surface area is 101 Å². The fraction of sp³-hybridized carbons (Fsp3) is 0.0909. The van der Waals surface area contributed by atoms with E-state index < -0.39 is 11.0 Å². The number of hydrogen-bond donors (Lipinski definition) is 1. The quantitative estimate of drug-likeness (QED) is 0.396. The number of nitrogens with one attached hydrogen (secondary N) is 1. The molecule has 0 unspecified atom stereocenters. The van der Waals surface area contributed by atoms with Gasteiger partial charge in [0.2, 0.25) is 5.78 Å². The number of rotatable bonds is 3. The van der Waals surface area contributed by atoms with E-state index in [0.717, 1.165) is 15.8 Å². The molecule has 0 radical (unpaired) electrons. The van der Waals surface area contributed by atoms with Crippen LogP contribution in [0.1, 0.15) is 10.4 Å². The van der Waals surface area contributed by atoms with E-state index in [4.69, 9.17) is 11.6 Å². The lowest BCUT2D eigenvalue weighted by molar-refractivity contribution is -0.108. The van der Waals surface area contributed by atoms with Gasteiger partial charge >= 0.3 is 0 Å². The van der Waals surface area contributed by atoms with Gasteiger partial charge in [-0.05, 0) is 36.1 Å². The summed E-state index contributed by atoms with van der Waals surface area (Å²) >= 11 is 6.76. The van der Waals surface area contributed by atoms with Gasteiger partial charge in [0.25, 0.3) is 5.24 Å². The van der Waals surface area contributed by atoms with Crippen LogP contribution in [0, 0.1) is 0 Å². The predicted molar refractivity (Wildman–Crippen MR) is 65.3 cm³/mol. The van der Waals surface area contributed by atoms with Crippen LogP contribution in [0.5, 0.6) is 0 Å². The van der Waals surface area contributed by atoms with Gasteiger partial charge in [0.15, 0.2) is 0 Å². The summed E-state index contributed by atoms with van der Waals surface area (Å²) in [5, 5.41) is -0.235. The number of aromatic amines is 1. The van der Waals surface area contributed by atoms with E-state index in [1.54, 1.807) is 11.8 Å². The van der Waals surface area contributed by atoms with Crippen LogP contribution >= 0.6 is 23.4 Å². The number of carbonyl (C=O) groups is 2. The summed E-state index contributed by atoms with van der Waals surface area (Å²) < 4.78 is 0. The van der Waals surface area contributed by atoms with Gasteiger partial charge in [0.05, 0.1) is 5.56 Å². The van der Waals surface area contributed by atoms with E-state index in [1.807, 2.05) is 24.5 Å². The van der Waals surface area contributed by atoms with Crippen LogP contribution in [0.2, 0.25) is 0 Å². The second kappa shape index (κ2) is 4.31. The molecule has 1 N–H and O–H groups in total. The van der Waals surface area contributed by atoms with Crippen molar-refractivity contribution in [3.63, 3.8) is 0 Å². The number of benzene rings is 1.